The average Bonchev–Trinajstić information content (AvgIpc) is 2.16. The van der Waals surface area contributed by atoms with E-state index in [0.29, 0.717) is 11.9 Å². The Bertz CT molecular complexity index is 281. The molecule has 0 aromatic carbocycles. The van der Waals surface area contributed by atoms with Crippen LogP contribution in [-0.4, -0.2) is 22.6 Å². The lowest BCUT2D eigenvalue weighted by Gasteiger charge is -2.14. The second-order valence-electron chi connectivity index (χ2n) is 4.35. The Morgan fingerprint density at radius 1 is 1.33 bits per heavy atom. The molecule has 4 heteroatoms. The molecule has 1 aromatic heterocycles. The minimum atomic E-state index is 0.162. The summed E-state index contributed by atoms with van der Waals surface area (Å²) in [6.45, 7) is 7.03. The number of nitrogens with zero attached hydrogens (tertiary/aromatic N) is 2. The van der Waals surface area contributed by atoms with Crippen molar-refractivity contribution in [2.24, 2.45) is 11.7 Å². The summed E-state index contributed by atoms with van der Waals surface area (Å²) in [6.07, 6.45) is 4.60. The van der Waals surface area contributed by atoms with Gasteiger partial charge in [-0.05, 0) is 24.8 Å². The van der Waals surface area contributed by atoms with E-state index in [-0.39, 0.29) is 6.04 Å². The van der Waals surface area contributed by atoms with Crippen molar-refractivity contribution in [3.63, 3.8) is 0 Å². The van der Waals surface area contributed by atoms with E-state index in [0.717, 1.165) is 18.5 Å². The summed E-state index contributed by atoms with van der Waals surface area (Å²) in [6, 6.07) is 0.162. The van der Waals surface area contributed by atoms with Gasteiger partial charge in [0.25, 0.3) is 0 Å². The highest BCUT2D eigenvalue weighted by atomic mass is 15.1. The summed E-state index contributed by atoms with van der Waals surface area (Å²) < 4.78 is 0. The van der Waals surface area contributed by atoms with Gasteiger partial charge in [-0.25, -0.2) is 9.97 Å². The molecule has 1 rings (SSSR count). The van der Waals surface area contributed by atoms with Crippen molar-refractivity contribution in [2.75, 3.05) is 11.9 Å². The summed E-state index contributed by atoms with van der Waals surface area (Å²) in [5, 5.41) is 3.13. The van der Waals surface area contributed by atoms with E-state index in [1.807, 2.05) is 6.92 Å². The van der Waals surface area contributed by atoms with Gasteiger partial charge in [-0.15, -0.1) is 0 Å². The second kappa shape index (κ2) is 5.66. The van der Waals surface area contributed by atoms with Crippen molar-refractivity contribution in [1.82, 2.24) is 9.97 Å². The quantitative estimate of drug-likeness (QED) is 0.771. The number of nitrogens with two attached hydrogens (primary N) is 1. The van der Waals surface area contributed by atoms with E-state index >= 15 is 0 Å². The summed E-state index contributed by atoms with van der Waals surface area (Å²) in [5.74, 6) is 1.28. The zero-order chi connectivity index (χ0) is 11.3. The molecule has 0 radical (unpaired) electrons. The van der Waals surface area contributed by atoms with Crippen LogP contribution >= 0.6 is 0 Å². The minimum Gasteiger partial charge on any atom is -0.353 e. The van der Waals surface area contributed by atoms with E-state index in [1.165, 1.54) is 0 Å². The Hall–Kier alpha value is -1.16. The summed E-state index contributed by atoms with van der Waals surface area (Å²) in [7, 11) is 0. The van der Waals surface area contributed by atoms with Crippen LogP contribution < -0.4 is 11.1 Å². The maximum Gasteiger partial charge on any atom is 0.222 e. The van der Waals surface area contributed by atoms with E-state index in [1.54, 1.807) is 12.4 Å². The van der Waals surface area contributed by atoms with E-state index < -0.39 is 0 Å². The molecule has 0 fully saturated rings. The van der Waals surface area contributed by atoms with Gasteiger partial charge in [-0.2, -0.15) is 0 Å². The predicted octanol–water partition coefficient (Wildman–Crippen LogP) is 1.57. The number of aromatic nitrogens is 2. The molecule has 0 saturated heterocycles. The van der Waals surface area contributed by atoms with Gasteiger partial charge < -0.3 is 11.1 Å². The summed E-state index contributed by atoms with van der Waals surface area (Å²) in [4.78, 5) is 8.30. The van der Waals surface area contributed by atoms with Crippen LogP contribution in [0.1, 0.15) is 25.8 Å². The molecule has 1 heterocycles. The molecule has 0 spiro atoms. The van der Waals surface area contributed by atoms with Crippen molar-refractivity contribution >= 4 is 5.95 Å². The third kappa shape index (κ3) is 4.74. The van der Waals surface area contributed by atoms with Crippen LogP contribution in [0.15, 0.2) is 12.4 Å². The van der Waals surface area contributed by atoms with Crippen molar-refractivity contribution < 1.29 is 0 Å². The Kier molecular flexibility index (Phi) is 4.49. The molecule has 3 N–H and O–H groups in total. The average molecular weight is 208 g/mol. The number of anilines is 1. The van der Waals surface area contributed by atoms with Crippen molar-refractivity contribution in [3.05, 3.63) is 18.0 Å². The van der Waals surface area contributed by atoms with Crippen molar-refractivity contribution in [2.45, 2.75) is 33.2 Å². The van der Waals surface area contributed by atoms with E-state index in [2.05, 4.69) is 29.1 Å². The van der Waals surface area contributed by atoms with Gasteiger partial charge in [-0.1, -0.05) is 13.8 Å². The summed E-state index contributed by atoms with van der Waals surface area (Å²) >= 11 is 0. The molecule has 84 valence electrons. The van der Waals surface area contributed by atoms with Crippen LogP contribution in [0, 0.1) is 12.8 Å². The lowest BCUT2D eigenvalue weighted by Crippen LogP contribution is -2.30. The molecule has 0 amide bonds. The SMILES string of the molecule is Cc1cnc(NCC(N)CC(C)C)nc1. The number of nitrogens with one attached hydrogen (secondary N) is 1. The Balaban J connectivity index is 2.33. The molecule has 0 aliphatic rings. The zero-order valence-electron chi connectivity index (χ0n) is 9.70. The minimum absolute atomic E-state index is 0.162. The first-order valence-corrected chi connectivity index (χ1v) is 5.36. The predicted molar refractivity (Wildman–Crippen MR) is 62.7 cm³/mol. The van der Waals surface area contributed by atoms with E-state index in [4.69, 9.17) is 5.73 Å². The van der Waals surface area contributed by atoms with Crippen LogP contribution in [0.4, 0.5) is 5.95 Å². The van der Waals surface area contributed by atoms with E-state index in [9.17, 15) is 0 Å². The molecule has 0 aliphatic heterocycles. The molecule has 1 aromatic rings. The first-order chi connectivity index (χ1) is 7.08. The maximum atomic E-state index is 5.93. The Morgan fingerprint density at radius 2 is 1.93 bits per heavy atom. The maximum absolute atomic E-state index is 5.93. The second-order valence-corrected chi connectivity index (χ2v) is 4.35. The number of hydrogen-bond donors (Lipinski definition) is 2. The number of hydrogen-bond acceptors (Lipinski definition) is 4. The molecule has 1 atom stereocenters. The monoisotopic (exact) mass is 208 g/mol. The van der Waals surface area contributed by atoms with Crippen molar-refractivity contribution in [3.8, 4) is 0 Å². The molecule has 15 heavy (non-hydrogen) atoms. The smallest absolute Gasteiger partial charge is 0.222 e. The van der Waals surface area contributed by atoms with Gasteiger partial charge in [0.05, 0.1) is 0 Å². The van der Waals surface area contributed by atoms with Gasteiger partial charge in [0.2, 0.25) is 5.95 Å². The Labute approximate surface area is 91.3 Å². The molecule has 4 nitrogen and oxygen atoms in total. The lowest BCUT2D eigenvalue weighted by atomic mass is 10.0. The van der Waals surface area contributed by atoms with Gasteiger partial charge in [0, 0.05) is 25.0 Å². The standard InChI is InChI=1S/C11H20N4/c1-8(2)4-10(12)7-15-11-13-5-9(3)6-14-11/h5-6,8,10H,4,7,12H2,1-3H3,(H,13,14,15). The highest BCUT2D eigenvalue weighted by Crippen LogP contribution is 2.04. The molecule has 0 bridgehead atoms. The number of aryl methyl sites for hydroxylation is 1. The van der Waals surface area contributed by atoms with Gasteiger partial charge in [0.1, 0.15) is 0 Å². The molecule has 0 aliphatic carbocycles. The third-order valence-corrected chi connectivity index (χ3v) is 2.08. The molecular weight excluding hydrogens is 188 g/mol. The fourth-order valence-corrected chi connectivity index (χ4v) is 1.40. The topological polar surface area (TPSA) is 63.8 Å². The van der Waals surface area contributed by atoms with Gasteiger partial charge in [0.15, 0.2) is 0 Å². The fraction of sp³-hybridized carbons (Fsp3) is 0.636. The van der Waals surface area contributed by atoms with Crippen LogP contribution in [0.2, 0.25) is 0 Å². The summed E-state index contributed by atoms with van der Waals surface area (Å²) in [5.41, 5.74) is 7.00. The lowest BCUT2D eigenvalue weighted by molar-refractivity contribution is 0.507. The van der Waals surface area contributed by atoms with Crippen molar-refractivity contribution in [1.29, 1.82) is 0 Å². The Morgan fingerprint density at radius 3 is 2.47 bits per heavy atom. The first-order valence-electron chi connectivity index (χ1n) is 5.36. The highest BCUT2D eigenvalue weighted by molar-refractivity contribution is 5.24. The van der Waals surface area contributed by atoms with Gasteiger partial charge >= 0.3 is 0 Å². The first kappa shape index (κ1) is 11.9. The van der Waals surface area contributed by atoms with Crippen LogP contribution in [-0.2, 0) is 0 Å². The molecular formula is C11H20N4. The van der Waals surface area contributed by atoms with Crippen LogP contribution in [0.25, 0.3) is 0 Å². The zero-order valence-corrected chi connectivity index (χ0v) is 9.70. The molecule has 1 unspecified atom stereocenters. The van der Waals surface area contributed by atoms with Crippen LogP contribution in [0.5, 0.6) is 0 Å². The van der Waals surface area contributed by atoms with Gasteiger partial charge in [-0.3, -0.25) is 0 Å². The third-order valence-electron chi connectivity index (χ3n) is 2.08. The largest absolute Gasteiger partial charge is 0.353 e. The fourth-order valence-electron chi connectivity index (χ4n) is 1.40. The molecule has 0 saturated carbocycles. The normalized spacial score (nSPS) is 12.9. The highest BCUT2D eigenvalue weighted by Gasteiger charge is 2.05. The van der Waals surface area contributed by atoms with Crippen LogP contribution in [0.3, 0.4) is 0 Å². The number of rotatable bonds is 5.